The van der Waals surface area contributed by atoms with Crippen LogP contribution in [-0.4, -0.2) is 66.1 Å². The van der Waals surface area contributed by atoms with Crippen LogP contribution in [0.25, 0.3) is 0 Å². The molecule has 0 aromatic carbocycles. The molecule has 8 nitrogen and oxygen atoms in total. The van der Waals surface area contributed by atoms with E-state index in [-0.39, 0.29) is 5.92 Å². The first-order chi connectivity index (χ1) is 10.7. The molecule has 0 bridgehead atoms. The highest BCUT2D eigenvalue weighted by Gasteiger charge is 2.37. The molecule has 23 heavy (non-hydrogen) atoms. The molecule has 0 saturated carbocycles. The van der Waals surface area contributed by atoms with Gasteiger partial charge in [0.25, 0.3) is 0 Å². The number of amides is 1. The van der Waals surface area contributed by atoms with Gasteiger partial charge in [0, 0.05) is 40.5 Å². The lowest BCUT2D eigenvalue weighted by atomic mass is 9.96. The van der Waals surface area contributed by atoms with Gasteiger partial charge in [-0.05, 0) is 25.7 Å². The van der Waals surface area contributed by atoms with E-state index in [1.54, 1.807) is 21.0 Å². The molecule has 0 unspecified atom stereocenters. The van der Waals surface area contributed by atoms with Gasteiger partial charge in [-0.1, -0.05) is 5.16 Å². The van der Waals surface area contributed by atoms with Gasteiger partial charge in [-0.2, -0.15) is 4.98 Å². The minimum absolute atomic E-state index is 0.136. The highest BCUT2D eigenvalue weighted by molar-refractivity contribution is 7.90. The highest BCUT2D eigenvalue weighted by Crippen LogP contribution is 2.24. The van der Waals surface area contributed by atoms with Gasteiger partial charge in [0.2, 0.25) is 21.8 Å². The van der Waals surface area contributed by atoms with Crippen molar-refractivity contribution in [1.29, 1.82) is 0 Å². The summed E-state index contributed by atoms with van der Waals surface area (Å²) >= 11 is 0. The van der Waals surface area contributed by atoms with Crippen LogP contribution in [0.1, 0.15) is 31.5 Å². The Morgan fingerprint density at radius 1 is 1.48 bits per heavy atom. The Balaban J connectivity index is 2.06. The number of aryl methyl sites for hydroxylation is 1. The van der Waals surface area contributed by atoms with Gasteiger partial charge in [-0.3, -0.25) is 4.79 Å². The zero-order valence-electron chi connectivity index (χ0n) is 14.0. The van der Waals surface area contributed by atoms with Crippen molar-refractivity contribution >= 4 is 15.9 Å². The Kier molecular flexibility index (Phi) is 5.41. The van der Waals surface area contributed by atoms with E-state index in [1.165, 1.54) is 16.1 Å². The second-order valence-electron chi connectivity index (χ2n) is 6.22. The predicted octanol–water partition coefficient (Wildman–Crippen LogP) is 0.439. The van der Waals surface area contributed by atoms with Crippen molar-refractivity contribution in [2.24, 2.45) is 5.92 Å². The number of rotatable bonds is 5. The molecule has 9 heteroatoms. The van der Waals surface area contributed by atoms with Crippen LogP contribution in [0, 0.1) is 12.8 Å². The zero-order chi connectivity index (χ0) is 17.2. The summed E-state index contributed by atoms with van der Waals surface area (Å²) in [5.41, 5.74) is 0. The molecule has 2 heterocycles. The minimum Gasteiger partial charge on any atom is -0.348 e. The second kappa shape index (κ2) is 6.96. The average molecular weight is 344 g/mol. The normalized spacial score (nSPS) is 21.1. The third-order valence-corrected chi connectivity index (χ3v) is 6.26. The Morgan fingerprint density at radius 2 is 2.17 bits per heavy atom. The van der Waals surface area contributed by atoms with Crippen molar-refractivity contribution in [2.75, 3.05) is 27.2 Å². The Labute approximate surface area is 136 Å². The third-order valence-electron chi connectivity index (χ3n) is 4.12. The van der Waals surface area contributed by atoms with E-state index in [0.717, 1.165) is 12.8 Å². The van der Waals surface area contributed by atoms with Gasteiger partial charge in [-0.15, -0.1) is 0 Å². The molecule has 1 aromatic heterocycles. The van der Waals surface area contributed by atoms with Crippen LogP contribution in [0.3, 0.4) is 0 Å². The molecular formula is C14H24N4O4S. The van der Waals surface area contributed by atoms with E-state index in [0.29, 0.717) is 31.2 Å². The van der Waals surface area contributed by atoms with E-state index >= 15 is 0 Å². The summed E-state index contributed by atoms with van der Waals surface area (Å²) in [5, 5.41) is 2.80. The number of nitrogens with zero attached hydrogens (tertiary/aromatic N) is 4. The van der Waals surface area contributed by atoms with Crippen molar-refractivity contribution in [1.82, 2.24) is 19.3 Å². The fraction of sp³-hybridized carbons (Fsp3) is 0.786. The predicted molar refractivity (Wildman–Crippen MR) is 84.1 cm³/mol. The molecular weight excluding hydrogens is 320 g/mol. The Morgan fingerprint density at radius 3 is 2.74 bits per heavy atom. The molecule has 2 atom stereocenters. The zero-order valence-corrected chi connectivity index (χ0v) is 14.8. The molecule has 0 spiro atoms. The largest absolute Gasteiger partial charge is 0.348 e. The molecule has 1 fully saturated rings. The Hall–Kier alpha value is -1.48. The summed E-state index contributed by atoms with van der Waals surface area (Å²) in [4.78, 5) is 17.5. The molecule has 130 valence electrons. The average Bonchev–Trinajstić information content (AvgIpc) is 2.90. The maximum absolute atomic E-state index is 12.7. The van der Waals surface area contributed by atoms with Crippen LogP contribution in [0.15, 0.2) is 4.52 Å². The van der Waals surface area contributed by atoms with E-state index in [1.807, 2.05) is 0 Å². The van der Waals surface area contributed by atoms with Crippen LogP contribution >= 0.6 is 0 Å². The molecule has 0 N–H and O–H groups in total. The van der Waals surface area contributed by atoms with E-state index in [2.05, 4.69) is 10.1 Å². The van der Waals surface area contributed by atoms with Crippen molar-refractivity contribution in [3.05, 3.63) is 11.7 Å². The van der Waals surface area contributed by atoms with Crippen molar-refractivity contribution < 1.29 is 17.7 Å². The number of piperidine rings is 1. The maximum atomic E-state index is 12.7. The quantitative estimate of drug-likeness (QED) is 0.769. The third kappa shape index (κ3) is 4.08. The van der Waals surface area contributed by atoms with Crippen LogP contribution < -0.4 is 0 Å². The number of sulfonamides is 1. The fourth-order valence-corrected chi connectivity index (χ4v) is 4.54. The summed E-state index contributed by atoms with van der Waals surface area (Å²) in [5.74, 6) is 0.841. The number of hydrogen-bond acceptors (Lipinski definition) is 6. The summed E-state index contributed by atoms with van der Waals surface area (Å²) in [6.07, 6.45) is 2.26. The first-order valence-electron chi connectivity index (χ1n) is 7.71. The van der Waals surface area contributed by atoms with Crippen molar-refractivity contribution in [3.63, 3.8) is 0 Å². The van der Waals surface area contributed by atoms with Crippen LogP contribution in [-0.2, 0) is 21.2 Å². The van der Waals surface area contributed by atoms with Gasteiger partial charge in [0.15, 0.2) is 11.1 Å². The van der Waals surface area contributed by atoms with Crippen molar-refractivity contribution in [3.8, 4) is 0 Å². The van der Waals surface area contributed by atoms with E-state index < -0.39 is 21.2 Å². The van der Waals surface area contributed by atoms with Crippen LogP contribution in [0.4, 0.5) is 0 Å². The molecule has 1 aromatic rings. The maximum Gasteiger partial charge on any atom is 0.241 e. The summed E-state index contributed by atoms with van der Waals surface area (Å²) in [6, 6.07) is 0. The van der Waals surface area contributed by atoms with Crippen LogP contribution in [0.2, 0.25) is 0 Å². The smallest absolute Gasteiger partial charge is 0.241 e. The molecule has 1 amide bonds. The van der Waals surface area contributed by atoms with Gasteiger partial charge < -0.3 is 9.42 Å². The number of carbonyl (C=O) groups excluding carboxylic acids is 1. The highest BCUT2D eigenvalue weighted by atomic mass is 32.2. The molecule has 1 aliphatic rings. The fourth-order valence-electron chi connectivity index (χ4n) is 2.82. The standard InChI is InChI=1S/C14H24N4O4S/c1-10(14(19)17(3)4)23(20,21)18-7-5-6-12(9-18)8-13-15-11(2)22-16-13/h10,12H,5-9H2,1-4H3/t10-,12+/m0/s1. The SMILES string of the molecule is Cc1nc(C[C@H]2CCCN(S(=O)(=O)[C@@H](C)C(=O)N(C)C)C2)no1. The number of aromatic nitrogens is 2. The van der Waals surface area contributed by atoms with Gasteiger partial charge in [-0.25, -0.2) is 12.7 Å². The van der Waals surface area contributed by atoms with Gasteiger partial charge in [0.1, 0.15) is 0 Å². The summed E-state index contributed by atoms with van der Waals surface area (Å²) in [6.45, 7) is 4.02. The van der Waals surface area contributed by atoms with Crippen molar-refractivity contribution in [2.45, 2.75) is 38.4 Å². The topological polar surface area (TPSA) is 96.6 Å². The lowest BCUT2D eigenvalue weighted by Crippen LogP contribution is -2.48. The molecule has 0 aliphatic carbocycles. The number of hydrogen-bond donors (Lipinski definition) is 0. The minimum atomic E-state index is -3.65. The number of carbonyl (C=O) groups is 1. The summed E-state index contributed by atoms with van der Waals surface area (Å²) < 4.78 is 31.7. The molecule has 1 saturated heterocycles. The monoisotopic (exact) mass is 344 g/mol. The first-order valence-corrected chi connectivity index (χ1v) is 9.21. The first kappa shape index (κ1) is 17.9. The molecule has 0 radical (unpaired) electrons. The second-order valence-corrected chi connectivity index (χ2v) is 8.47. The van der Waals surface area contributed by atoms with E-state index in [4.69, 9.17) is 4.52 Å². The van der Waals surface area contributed by atoms with Gasteiger partial charge in [0.05, 0.1) is 0 Å². The molecule has 1 aliphatic heterocycles. The Bertz CT molecular complexity index is 655. The van der Waals surface area contributed by atoms with Gasteiger partial charge >= 0.3 is 0 Å². The lowest BCUT2D eigenvalue weighted by molar-refractivity contribution is -0.128. The molecule has 2 rings (SSSR count). The lowest BCUT2D eigenvalue weighted by Gasteiger charge is -2.33. The summed E-state index contributed by atoms with van der Waals surface area (Å²) in [7, 11) is -0.526. The van der Waals surface area contributed by atoms with E-state index in [9.17, 15) is 13.2 Å². The van der Waals surface area contributed by atoms with Crippen LogP contribution in [0.5, 0.6) is 0 Å².